The highest BCUT2D eigenvalue weighted by Crippen LogP contribution is 2.20. The van der Waals surface area contributed by atoms with Crippen LogP contribution in [0.3, 0.4) is 0 Å². The third-order valence-electron chi connectivity index (χ3n) is 3.46. The third kappa shape index (κ3) is 2.34. The van der Waals surface area contributed by atoms with Crippen LogP contribution in [0.5, 0.6) is 0 Å². The molecule has 1 fully saturated rings. The Morgan fingerprint density at radius 2 is 2.26 bits per heavy atom. The van der Waals surface area contributed by atoms with E-state index >= 15 is 0 Å². The summed E-state index contributed by atoms with van der Waals surface area (Å²) in [4.78, 5) is 26.0. The molecule has 1 N–H and O–H groups in total. The average Bonchev–Trinajstić information content (AvgIpc) is 2.78. The molecule has 1 saturated heterocycles. The van der Waals surface area contributed by atoms with Gasteiger partial charge in [-0.25, -0.2) is 0 Å². The molecule has 2 amide bonds. The van der Waals surface area contributed by atoms with Gasteiger partial charge in [0.1, 0.15) is 17.4 Å². The van der Waals surface area contributed by atoms with Crippen molar-refractivity contribution in [2.24, 2.45) is 0 Å². The highest BCUT2D eigenvalue weighted by atomic mass is 16.5. The van der Waals surface area contributed by atoms with Crippen molar-refractivity contribution in [3.05, 3.63) is 17.0 Å². The lowest BCUT2D eigenvalue weighted by molar-refractivity contribution is -0.127. The van der Waals surface area contributed by atoms with Crippen LogP contribution in [0, 0.1) is 6.92 Å². The van der Waals surface area contributed by atoms with E-state index in [1.54, 1.807) is 11.8 Å². The molecule has 1 aliphatic rings. The smallest absolute Gasteiger partial charge is 0.260 e. The van der Waals surface area contributed by atoms with E-state index < -0.39 is 6.04 Å². The number of aromatic nitrogens is 1. The van der Waals surface area contributed by atoms with Gasteiger partial charge >= 0.3 is 0 Å². The Morgan fingerprint density at radius 1 is 1.53 bits per heavy atom. The summed E-state index contributed by atoms with van der Waals surface area (Å²) in [6, 6.07) is -0.403. The molecule has 0 saturated carbocycles. The molecule has 0 aliphatic carbocycles. The van der Waals surface area contributed by atoms with Gasteiger partial charge in [0.2, 0.25) is 5.91 Å². The summed E-state index contributed by atoms with van der Waals surface area (Å²) in [5.74, 6) is 0.272. The van der Waals surface area contributed by atoms with Gasteiger partial charge in [-0.1, -0.05) is 19.0 Å². The van der Waals surface area contributed by atoms with E-state index in [4.69, 9.17) is 4.52 Å². The molecule has 2 rings (SSSR count). The number of rotatable bonds is 3. The number of carbonyl (C=O) groups is 2. The van der Waals surface area contributed by atoms with Gasteiger partial charge in [-0.2, -0.15) is 0 Å². The number of carbonyl (C=O) groups excluding carboxylic acids is 2. The zero-order valence-corrected chi connectivity index (χ0v) is 11.5. The van der Waals surface area contributed by atoms with Crippen LogP contribution in [-0.2, 0) is 11.2 Å². The number of hydrogen-bond acceptors (Lipinski definition) is 4. The summed E-state index contributed by atoms with van der Waals surface area (Å²) in [5, 5.41) is 6.68. The zero-order chi connectivity index (χ0) is 14.0. The van der Waals surface area contributed by atoms with Gasteiger partial charge in [-0.05, 0) is 19.8 Å². The van der Waals surface area contributed by atoms with Crippen molar-refractivity contribution in [2.75, 3.05) is 13.1 Å². The van der Waals surface area contributed by atoms with E-state index in [1.807, 2.05) is 13.8 Å². The Morgan fingerprint density at radius 3 is 2.89 bits per heavy atom. The fourth-order valence-electron chi connectivity index (χ4n) is 2.44. The lowest BCUT2D eigenvalue weighted by Crippen LogP contribution is -2.57. The maximum absolute atomic E-state index is 12.6. The molecule has 1 aliphatic heterocycles. The first-order valence-corrected chi connectivity index (χ1v) is 6.63. The molecule has 1 aromatic rings. The van der Waals surface area contributed by atoms with Crippen LogP contribution in [0.2, 0.25) is 0 Å². The number of hydrogen-bond donors (Lipinski definition) is 1. The van der Waals surface area contributed by atoms with Crippen LogP contribution in [0.15, 0.2) is 4.52 Å². The molecule has 104 valence electrons. The van der Waals surface area contributed by atoms with Crippen molar-refractivity contribution in [1.29, 1.82) is 0 Å². The van der Waals surface area contributed by atoms with E-state index in [0.717, 1.165) is 0 Å². The molecule has 1 aromatic heterocycles. The SMILES string of the molecule is CCc1noc(C)c1C(=O)N1CCNC(=O)C1CC. The highest BCUT2D eigenvalue weighted by Gasteiger charge is 2.34. The predicted molar refractivity (Wildman–Crippen MR) is 68.7 cm³/mol. The monoisotopic (exact) mass is 265 g/mol. The first kappa shape index (κ1) is 13.6. The standard InChI is InChI=1S/C13H19N3O3/c1-4-9-11(8(3)19-15-9)13(18)16-7-6-14-12(17)10(16)5-2/h10H,4-7H2,1-3H3,(H,14,17). The van der Waals surface area contributed by atoms with Crippen molar-refractivity contribution in [3.63, 3.8) is 0 Å². The molecular weight excluding hydrogens is 246 g/mol. The molecule has 1 unspecified atom stereocenters. The number of amides is 2. The summed E-state index contributed by atoms with van der Waals surface area (Å²) in [6.45, 7) is 6.57. The molecule has 1 atom stereocenters. The lowest BCUT2D eigenvalue weighted by atomic mass is 10.1. The van der Waals surface area contributed by atoms with Gasteiger partial charge in [0.25, 0.3) is 5.91 Å². The van der Waals surface area contributed by atoms with Gasteiger partial charge in [-0.15, -0.1) is 0 Å². The largest absolute Gasteiger partial charge is 0.361 e. The second-order valence-corrected chi connectivity index (χ2v) is 4.63. The van der Waals surface area contributed by atoms with E-state index in [1.165, 1.54) is 0 Å². The van der Waals surface area contributed by atoms with Crippen molar-refractivity contribution >= 4 is 11.8 Å². The fourth-order valence-corrected chi connectivity index (χ4v) is 2.44. The molecule has 2 heterocycles. The van der Waals surface area contributed by atoms with Gasteiger partial charge < -0.3 is 14.7 Å². The molecule has 0 aromatic carbocycles. The van der Waals surface area contributed by atoms with Crippen LogP contribution >= 0.6 is 0 Å². The second-order valence-electron chi connectivity index (χ2n) is 4.63. The highest BCUT2D eigenvalue weighted by molar-refractivity contribution is 5.99. The fraction of sp³-hybridized carbons (Fsp3) is 0.615. The minimum Gasteiger partial charge on any atom is -0.361 e. The molecule has 6 nitrogen and oxygen atoms in total. The molecular formula is C13H19N3O3. The van der Waals surface area contributed by atoms with Crippen LogP contribution in [0.4, 0.5) is 0 Å². The predicted octanol–water partition coefficient (Wildman–Crippen LogP) is 0.896. The molecule has 0 radical (unpaired) electrons. The summed E-state index contributed by atoms with van der Waals surface area (Å²) in [5.41, 5.74) is 1.17. The van der Waals surface area contributed by atoms with E-state index in [-0.39, 0.29) is 11.8 Å². The van der Waals surface area contributed by atoms with Crippen molar-refractivity contribution < 1.29 is 14.1 Å². The van der Waals surface area contributed by atoms with Gasteiger partial charge in [0.15, 0.2) is 0 Å². The van der Waals surface area contributed by atoms with E-state index in [0.29, 0.717) is 42.9 Å². The minimum absolute atomic E-state index is 0.0887. The van der Waals surface area contributed by atoms with E-state index in [2.05, 4.69) is 10.5 Å². The molecule has 19 heavy (non-hydrogen) atoms. The maximum Gasteiger partial charge on any atom is 0.260 e. The van der Waals surface area contributed by atoms with Gasteiger partial charge in [0, 0.05) is 13.1 Å². The van der Waals surface area contributed by atoms with Crippen molar-refractivity contribution in [3.8, 4) is 0 Å². The second kappa shape index (κ2) is 5.42. The Bertz CT molecular complexity index is 495. The van der Waals surface area contributed by atoms with Crippen molar-refractivity contribution in [2.45, 2.75) is 39.7 Å². The first-order chi connectivity index (χ1) is 9.10. The Labute approximate surface area is 112 Å². The maximum atomic E-state index is 12.6. The van der Waals surface area contributed by atoms with Crippen LogP contribution in [0.25, 0.3) is 0 Å². The zero-order valence-electron chi connectivity index (χ0n) is 11.5. The Balaban J connectivity index is 2.32. The molecule has 0 spiro atoms. The molecule has 6 heteroatoms. The van der Waals surface area contributed by atoms with Crippen LogP contribution in [0.1, 0.15) is 42.1 Å². The molecule has 0 bridgehead atoms. The lowest BCUT2D eigenvalue weighted by Gasteiger charge is -2.34. The van der Waals surface area contributed by atoms with Crippen LogP contribution in [-0.4, -0.2) is 41.0 Å². The third-order valence-corrected chi connectivity index (χ3v) is 3.46. The Hall–Kier alpha value is -1.85. The number of nitrogens with one attached hydrogen (secondary N) is 1. The number of nitrogens with zero attached hydrogens (tertiary/aromatic N) is 2. The van der Waals surface area contributed by atoms with E-state index in [9.17, 15) is 9.59 Å². The average molecular weight is 265 g/mol. The normalized spacial score (nSPS) is 19.4. The Kier molecular flexibility index (Phi) is 3.87. The minimum atomic E-state index is -0.403. The quantitative estimate of drug-likeness (QED) is 0.881. The summed E-state index contributed by atoms with van der Waals surface area (Å²) in [6.07, 6.45) is 1.23. The number of piperazine rings is 1. The van der Waals surface area contributed by atoms with Gasteiger partial charge in [0.05, 0.1) is 5.69 Å². The number of aryl methyl sites for hydroxylation is 2. The summed E-state index contributed by atoms with van der Waals surface area (Å²) < 4.78 is 5.10. The first-order valence-electron chi connectivity index (χ1n) is 6.63. The van der Waals surface area contributed by atoms with Crippen molar-refractivity contribution in [1.82, 2.24) is 15.4 Å². The summed E-state index contributed by atoms with van der Waals surface area (Å²) in [7, 11) is 0. The summed E-state index contributed by atoms with van der Waals surface area (Å²) >= 11 is 0. The topological polar surface area (TPSA) is 75.4 Å². The van der Waals surface area contributed by atoms with Crippen LogP contribution < -0.4 is 5.32 Å². The van der Waals surface area contributed by atoms with Gasteiger partial charge in [-0.3, -0.25) is 9.59 Å².